The van der Waals surface area contributed by atoms with Crippen LogP contribution in [-0.2, 0) is 6.42 Å². The molecule has 0 radical (unpaired) electrons. The summed E-state index contributed by atoms with van der Waals surface area (Å²) in [7, 11) is 1.68. The molecule has 0 aliphatic heterocycles. The average Bonchev–Trinajstić information content (AvgIpc) is 2.83. The summed E-state index contributed by atoms with van der Waals surface area (Å²) in [6.07, 6.45) is 2.85. The van der Waals surface area contributed by atoms with Gasteiger partial charge in [0.1, 0.15) is 5.75 Å². The summed E-state index contributed by atoms with van der Waals surface area (Å²) in [5.74, 6) is 0.870. The second kappa shape index (κ2) is 4.98. The van der Waals surface area contributed by atoms with Crippen LogP contribution in [0.15, 0.2) is 48.7 Å². The molecule has 0 unspecified atom stereocenters. The van der Waals surface area contributed by atoms with Crippen molar-refractivity contribution in [3.63, 3.8) is 0 Å². The molecule has 0 spiro atoms. The van der Waals surface area contributed by atoms with E-state index in [0.29, 0.717) is 0 Å². The van der Waals surface area contributed by atoms with Gasteiger partial charge in [0.15, 0.2) is 0 Å². The summed E-state index contributed by atoms with van der Waals surface area (Å²) in [6, 6.07) is 14.0. The number of halogens is 1. The maximum Gasteiger partial charge on any atom is 0.122 e. The Morgan fingerprint density at radius 1 is 1.11 bits per heavy atom. The minimum Gasteiger partial charge on any atom is -0.496 e. The molecule has 0 aliphatic rings. The van der Waals surface area contributed by atoms with Gasteiger partial charge in [-0.1, -0.05) is 29.8 Å². The van der Waals surface area contributed by atoms with E-state index >= 15 is 0 Å². The van der Waals surface area contributed by atoms with E-state index in [-0.39, 0.29) is 0 Å². The Hall–Kier alpha value is -1.93. The van der Waals surface area contributed by atoms with Gasteiger partial charge in [0.05, 0.1) is 7.11 Å². The van der Waals surface area contributed by atoms with Gasteiger partial charge in [-0.15, -0.1) is 0 Å². The van der Waals surface area contributed by atoms with E-state index < -0.39 is 0 Å². The molecule has 96 valence electrons. The lowest BCUT2D eigenvalue weighted by molar-refractivity contribution is 0.410. The van der Waals surface area contributed by atoms with E-state index in [1.807, 2.05) is 30.5 Å². The number of hydrogen-bond donors (Lipinski definition) is 1. The van der Waals surface area contributed by atoms with Crippen molar-refractivity contribution >= 4 is 22.5 Å². The molecule has 2 aromatic carbocycles. The van der Waals surface area contributed by atoms with Gasteiger partial charge in [-0.05, 0) is 29.8 Å². The summed E-state index contributed by atoms with van der Waals surface area (Å²) < 4.78 is 5.39. The molecule has 3 rings (SSSR count). The Balaban J connectivity index is 2.03. The zero-order valence-electron chi connectivity index (χ0n) is 10.6. The van der Waals surface area contributed by atoms with Crippen LogP contribution in [0, 0.1) is 0 Å². The van der Waals surface area contributed by atoms with Crippen molar-refractivity contribution in [2.75, 3.05) is 7.11 Å². The van der Waals surface area contributed by atoms with E-state index in [0.717, 1.165) is 28.3 Å². The SMILES string of the molecule is COc1ccc(Cl)cc1Cc1c[nH]c2ccccc12. The highest BCUT2D eigenvalue weighted by Gasteiger charge is 2.08. The van der Waals surface area contributed by atoms with Crippen LogP contribution in [0.1, 0.15) is 11.1 Å². The van der Waals surface area contributed by atoms with Gasteiger partial charge < -0.3 is 9.72 Å². The van der Waals surface area contributed by atoms with Crippen LogP contribution < -0.4 is 4.74 Å². The third-order valence-corrected chi connectivity index (χ3v) is 3.53. The summed E-state index contributed by atoms with van der Waals surface area (Å²) in [5.41, 5.74) is 3.49. The topological polar surface area (TPSA) is 25.0 Å². The highest BCUT2D eigenvalue weighted by Crippen LogP contribution is 2.27. The molecule has 19 heavy (non-hydrogen) atoms. The molecule has 0 saturated carbocycles. The highest BCUT2D eigenvalue weighted by molar-refractivity contribution is 6.30. The van der Waals surface area contributed by atoms with Crippen molar-refractivity contribution in [1.29, 1.82) is 0 Å². The zero-order valence-corrected chi connectivity index (χ0v) is 11.4. The van der Waals surface area contributed by atoms with E-state index in [9.17, 15) is 0 Å². The number of ether oxygens (including phenoxy) is 1. The Morgan fingerprint density at radius 3 is 2.79 bits per heavy atom. The van der Waals surface area contributed by atoms with Gasteiger partial charge in [-0.2, -0.15) is 0 Å². The molecule has 0 atom stereocenters. The van der Waals surface area contributed by atoms with Crippen molar-refractivity contribution in [3.05, 3.63) is 64.8 Å². The lowest BCUT2D eigenvalue weighted by Gasteiger charge is -2.08. The predicted octanol–water partition coefficient (Wildman–Crippen LogP) is 4.42. The van der Waals surface area contributed by atoms with Crippen molar-refractivity contribution in [3.8, 4) is 5.75 Å². The number of hydrogen-bond acceptors (Lipinski definition) is 1. The van der Waals surface area contributed by atoms with Gasteiger partial charge in [0, 0.05) is 34.1 Å². The number of benzene rings is 2. The van der Waals surface area contributed by atoms with Gasteiger partial charge in [-0.3, -0.25) is 0 Å². The van der Waals surface area contributed by atoms with Gasteiger partial charge in [-0.25, -0.2) is 0 Å². The molecule has 1 aromatic heterocycles. The number of methoxy groups -OCH3 is 1. The van der Waals surface area contributed by atoms with E-state index in [1.54, 1.807) is 7.11 Å². The smallest absolute Gasteiger partial charge is 0.122 e. The van der Waals surface area contributed by atoms with Gasteiger partial charge >= 0.3 is 0 Å². The first-order valence-corrected chi connectivity index (χ1v) is 6.53. The highest BCUT2D eigenvalue weighted by atomic mass is 35.5. The van der Waals surface area contributed by atoms with Crippen LogP contribution in [-0.4, -0.2) is 12.1 Å². The lowest BCUT2D eigenvalue weighted by atomic mass is 10.0. The number of aromatic amines is 1. The fraction of sp³-hybridized carbons (Fsp3) is 0.125. The maximum atomic E-state index is 6.07. The average molecular weight is 272 g/mol. The molecule has 3 aromatic rings. The molecule has 0 bridgehead atoms. The largest absolute Gasteiger partial charge is 0.496 e. The number of aromatic nitrogens is 1. The summed E-state index contributed by atoms with van der Waals surface area (Å²) in [4.78, 5) is 3.29. The first-order valence-electron chi connectivity index (χ1n) is 6.15. The van der Waals surface area contributed by atoms with Crippen molar-refractivity contribution < 1.29 is 4.74 Å². The fourth-order valence-electron chi connectivity index (χ4n) is 2.37. The minimum absolute atomic E-state index is 0.732. The first kappa shape index (κ1) is 12.1. The molecule has 1 heterocycles. The predicted molar refractivity (Wildman–Crippen MR) is 79.1 cm³/mol. The maximum absolute atomic E-state index is 6.07. The van der Waals surface area contributed by atoms with Crippen LogP contribution in [0.4, 0.5) is 0 Å². The van der Waals surface area contributed by atoms with Crippen molar-refractivity contribution in [1.82, 2.24) is 4.98 Å². The third-order valence-electron chi connectivity index (χ3n) is 3.30. The van der Waals surface area contributed by atoms with E-state index in [4.69, 9.17) is 16.3 Å². The number of para-hydroxylation sites is 1. The number of fused-ring (bicyclic) bond motifs is 1. The van der Waals surface area contributed by atoms with Crippen LogP contribution in [0.2, 0.25) is 5.02 Å². The van der Waals surface area contributed by atoms with Crippen molar-refractivity contribution in [2.24, 2.45) is 0 Å². The third kappa shape index (κ3) is 2.32. The zero-order chi connectivity index (χ0) is 13.2. The van der Waals surface area contributed by atoms with Gasteiger partial charge in [0.2, 0.25) is 0 Å². The molecule has 0 saturated heterocycles. The number of H-pyrrole nitrogens is 1. The summed E-state index contributed by atoms with van der Waals surface area (Å²) >= 11 is 6.07. The monoisotopic (exact) mass is 271 g/mol. The van der Waals surface area contributed by atoms with Crippen LogP contribution in [0.25, 0.3) is 10.9 Å². The van der Waals surface area contributed by atoms with E-state index in [2.05, 4.69) is 23.2 Å². The molecular weight excluding hydrogens is 258 g/mol. The second-order valence-corrected chi connectivity index (χ2v) is 4.93. The minimum atomic E-state index is 0.732. The molecule has 0 aliphatic carbocycles. The van der Waals surface area contributed by atoms with Crippen LogP contribution in [0.3, 0.4) is 0 Å². The summed E-state index contributed by atoms with van der Waals surface area (Å²) in [6.45, 7) is 0. The molecule has 2 nitrogen and oxygen atoms in total. The van der Waals surface area contributed by atoms with Crippen LogP contribution >= 0.6 is 11.6 Å². The molecule has 1 N–H and O–H groups in total. The van der Waals surface area contributed by atoms with E-state index in [1.165, 1.54) is 10.9 Å². The van der Waals surface area contributed by atoms with Crippen molar-refractivity contribution in [2.45, 2.75) is 6.42 Å². The Labute approximate surface area is 117 Å². The normalized spacial score (nSPS) is 10.8. The lowest BCUT2D eigenvalue weighted by Crippen LogP contribution is -1.93. The molecule has 0 amide bonds. The number of rotatable bonds is 3. The van der Waals surface area contributed by atoms with Gasteiger partial charge in [0.25, 0.3) is 0 Å². The standard InChI is InChI=1S/C16H14ClNO/c1-19-16-7-6-13(17)9-11(16)8-12-10-18-15-5-3-2-4-14(12)15/h2-7,9-10,18H,8H2,1H3. The first-order chi connectivity index (χ1) is 9.28. The molecule has 3 heteroatoms. The summed E-state index contributed by atoms with van der Waals surface area (Å²) in [5, 5.41) is 1.97. The molecular formula is C16H14ClNO. The number of nitrogens with one attached hydrogen (secondary N) is 1. The Kier molecular flexibility index (Phi) is 3.18. The fourth-order valence-corrected chi connectivity index (χ4v) is 2.56. The quantitative estimate of drug-likeness (QED) is 0.749. The Bertz CT molecular complexity index is 718. The second-order valence-electron chi connectivity index (χ2n) is 4.49. The Morgan fingerprint density at radius 2 is 1.95 bits per heavy atom. The van der Waals surface area contributed by atoms with Crippen LogP contribution in [0.5, 0.6) is 5.75 Å². The molecule has 0 fully saturated rings.